The molecule has 0 unspecified atom stereocenters. The quantitative estimate of drug-likeness (QED) is 0.384. The molecule has 22 heavy (non-hydrogen) atoms. The van der Waals surface area contributed by atoms with Crippen LogP contribution in [0.25, 0.3) is 0 Å². The van der Waals surface area contributed by atoms with Crippen molar-refractivity contribution >= 4 is 11.9 Å². The highest BCUT2D eigenvalue weighted by Gasteiger charge is 2.04. The van der Waals surface area contributed by atoms with E-state index < -0.39 is 0 Å². The van der Waals surface area contributed by atoms with Crippen molar-refractivity contribution in [2.24, 2.45) is 16.6 Å². The Hall–Kier alpha value is -2.24. The molecule has 0 spiro atoms. The summed E-state index contributed by atoms with van der Waals surface area (Å²) >= 11 is 0. The van der Waals surface area contributed by atoms with Crippen LogP contribution in [0, 0.1) is 5.92 Å². The van der Waals surface area contributed by atoms with Crippen LogP contribution < -0.4 is 21.1 Å². The number of nitrogens with two attached hydrogens (primary N) is 1. The third-order valence-corrected chi connectivity index (χ3v) is 3.06. The lowest BCUT2D eigenvalue weighted by Crippen LogP contribution is -2.38. The molecule has 0 saturated heterocycles. The van der Waals surface area contributed by atoms with E-state index in [1.807, 2.05) is 0 Å². The maximum absolute atomic E-state index is 11.9. The highest BCUT2D eigenvalue weighted by Crippen LogP contribution is 2.10. The third-order valence-electron chi connectivity index (χ3n) is 3.06. The van der Waals surface area contributed by atoms with Crippen molar-refractivity contribution in [3.8, 4) is 5.75 Å². The molecule has 0 aliphatic heterocycles. The van der Waals surface area contributed by atoms with Crippen LogP contribution in [0.5, 0.6) is 5.75 Å². The molecule has 0 saturated carbocycles. The average molecular weight is 306 g/mol. The fraction of sp³-hybridized carbons (Fsp3) is 0.500. The van der Waals surface area contributed by atoms with E-state index in [-0.39, 0.29) is 5.91 Å². The van der Waals surface area contributed by atoms with Crippen molar-refractivity contribution in [1.29, 1.82) is 0 Å². The number of benzene rings is 1. The van der Waals surface area contributed by atoms with Crippen molar-refractivity contribution in [2.45, 2.75) is 20.3 Å². The minimum atomic E-state index is -0.125. The maximum Gasteiger partial charge on any atom is 0.251 e. The van der Waals surface area contributed by atoms with E-state index in [0.29, 0.717) is 37.1 Å². The first kappa shape index (κ1) is 17.8. The van der Waals surface area contributed by atoms with E-state index >= 15 is 0 Å². The number of hydrogen-bond donors (Lipinski definition) is 3. The summed E-state index contributed by atoms with van der Waals surface area (Å²) in [6.07, 6.45) is 1.01. The molecular weight excluding hydrogens is 280 g/mol. The van der Waals surface area contributed by atoms with E-state index in [4.69, 9.17) is 10.5 Å². The molecule has 0 heterocycles. The Kier molecular flexibility index (Phi) is 7.81. The second-order valence-electron chi connectivity index (χ2n) is 5.36. The summed E-state index contributed by atoms with van der Waals surface area (Å²) in [5.41, 5.74) is 6.33. The first-order valence-corrected chi connectivity index (χ1v) is 7.49. The van der Waals surface area contributed by atoms with Crippen molar-refractivity contribution in [2.75, 3.05) is 26.7 Å². The molecule has 0 aromatic heterocycles. The number of carbonyl (C=O) groups excluding carboxylic acids is 1. The normalized spacial score (nSPS) is 11.4. The number of nitrogens with zero attached hydrogens (tertiary/aromatic N) is 1. The van der Waals surface area contributed by atoms with Crippen LogP contribution >= 0.6 is 0 Å². The highest BCUT2D eigenvalue weighted by atomic mass is 16.5. The number of guanidine groups is 1. The van der Waals surface area contributed by atoms with Crippen LogP contribution in [-0.4, -0.2) is 38.6 Å². The lowest BCUT2D eigenvalue weighted by molar-refractivity contribution is 0.0954. The van der Waals surface area contributed by atoms with Crippen molar-refractivity contribution in [3.05, 3.63) is 29.8 Å². The number of methoxy groups -OCH3 is 1. The van der Waals surface area contributed by atoms with Gasteiger partial charge in [-0.05, 0) is 36.6 Å². The lowest BCUT2D eigenvalue weighted by Gasteiger charge is -2.08. The van der Waals surface area contributed by atoms with Gasteiger partial charge >= 0.3 is 0 Å². The van der Waals surface area contributed by atoms with Gasteiger partial charge in [-0.3, -0.25) is 9.79 Å². The summed E-state index contributed by atoms with van der Waals surface area (Å²) in [7, 11) is 1.59. The van der Waals surface area contributed by atoms with E-state index in [2.05, 4.69) is 29.5 Å². The van der Waals surface area contributed by atoms with Crippen LogP contribution in [0.4, 0.5) is 0 Å². The summed E-state index contributed by atoms with van der Waals surface area (Å²) in [4.78, 5) is 16.1. The van der Waals surface area contributed by atoms with Gasteiger partial charge in [0.25, 0.3) is 5.91 Å². The first-order chi connectivity index (χ1) is 10.5. The number of ether oxygens (including phenoxy) is 1. The molecule has 1 rings (SSSR count). The minimum Gasteiger partial charge on any atom is -0.497 e. The standard InChI is InChI=1S/C16H26N4O2/c1-12(2)8-9-19-16(17)20-11-10-18-15(21)13-4-6-14(22-3)7-5-13/h4-7,12H,8-11H2,1-3H3,(H,18,21)(H3,17,19,20). The van der Waals surface area contributed by atoms with Gasteiger partial charge in [-0.25, -0.2) is 0 Å². The molecule has 1 aromatic carbocycles. The third kappa shape index (κ3) is 6.97. The highest BCUT2D eigenvalue weighted by molar-refractivity contribution is 5.94. The van der Waals surface area contributed by atoms with Gasteiger partial charge in [0.2, 0.25) is 0 Å². The van der Waals surface area contributed by atoms with Crippen molar-refractivity contribution in [3.63, 3.8) is 0 Å². The van der Waals surface area contributed by atoms with E-state index in [0.717, 1.165) is 12.2 Å². The predicted molar refractivity (Wildman–Crippen MR) is 89.3 cm³/mol. The van der Waals surface area contributed by atoms with Gasteiger partial charge < -0.3 is 21.1 Å². The Balaban J connectivity index is 2.24. The van der Waals surface area contributed by atoms with Gasteiger partial charge in [0, 0.05) is 25.2 Å². The number of rotatable bonds is 8. The van der Waals surface area contributed by atoms with Crippen LogP contribution in [0.3, 0.4) is 0 Å². The van der Waals surface area contributed by atoms with E-state index in [1.54, 1.807) is 31.4 Å². The fourth-order valence-electron chi connectivity index (χ4n) is 1.71. The maximum atomic E-state index is 11.9. The Morgan fingerprint density at radius 2 is 1.86 bits per heavy atom. The minimum absolute atomic E-state index is 0.125. The summed E-state index contributed by atoms with van der Waals surface area (Å²) in [5, 5.41) is 5.79. The van der Waals surface area contributed by atoms with Gasteiger partial charge in [-0.1, -0.05) is 13.8 Å². The molecular formula is C16H26N4O2. The fourth-order valence-corrected chi connectivity index (χ4v) is 1.71. The van der Waals surface area contributed by atoms with E-state index in [9.17, 15) is 4.79 Å². The van der Waals surface area contributed by atoms with Crippen molar-refractivity contribution < 1.29 is 9.53 Å². The second kappa shape index (κ2) is 9.65. The van der Waals surface area contributed by atoms with Gasteiger partial charge in [0.1, 0.15) is 5.75 Å². The molecule has 0 fully saturated rings. The Bertz CT molecular complexity index is 483. The molecule has 1 aromatic rings. The molecule has 1 amide bonds. The van der Waals surface area contributed by atoms with E-state index in [1.165, 1.54) is 0 Å². The summed E-state index contributed by atoms with van der Waals surface area (Å²) in [6.45, 7) is 6.03. The molecule has 0 bridgehead atoms. The summed E-state index contributed by atoms with van der Waals surface area (Å²) in [5.74, 6) is 1.63. The monoisotopic (exact) mass is 306 g/mol. The lowest BCUT2D eigenvalue weighted by atomic mass is 10.1. The van der Waals surface area contributed by atoms with Gasteiger partial charge in [0.05, 0.1) is 7.11 Å². The van der Waals surface area contributed by atoms with Crippen LogP contribution in [0.1, 0.15) is 30.6 Å². The second-order valence-corrected chi connectivity index (χ2v) is 5.36. The molecule has 122 valence electrons. The smallest absolute Gasteiger partial charge is 0.251 e. The summed E-state index contributed by atoms with van der Waals surface area (Å²) in [6, 6.07) is 6.96. The number of hydrogen-bond acceptors (Lipinski definition) is 3. The van der Waals surface area contributed by atoms with Gasteiger partial charge in [0.15, 0.2) is 5.96 Å². The Labute approximate surface area is 132 Å². The molecule has 0 atom stereocenters. The summed E-state index contributed by atoms with van der Waals surface area (Å²) < 4.78 is 5.05. The van der Waals surface area contributed by atoms with Crippen LogP contribution in [0.15, 0.2) is 29.3 Å². The molecule has 0 radical (unpaired) electrons. The number of amides is 1. The Morgan fingerprint density at radius 1 is 1.23 bits per heavy atom. The predicted octanol–water partition coefficient (Wildman–Crippen LogP) is 1.38. The van der Waals surface area contributed by atoms with Gasteiger partial charge in [-0.2, -0.15) is 0 Å². The average Bonchev–Trinajstić information content (AvgIpc) is 2.51. The molecule has 6 heteroatoms. The molecule has 0 aliphatic rings. The largest absolute Gasteiger partial charge is 0.497 e. The molecule has 0 aliphatic carbocycles. The zero-order chi connectivity index (χ0) is 16.4. The molecule has 4 N–H and O–H groups in total. The first-order valence-electron chi connectivity index (χ1n) is 7.49. The zero-order valence-electron chi connectivity index (χ0n) is 13.6. The van der Waals surface area contributed by atoms with Crippen LogP contribution in [0.2, 0.25) is 0 Å². The SMILES string of the molecule is COc1ccc(C(=O)NCCNC(N)=NCCC(C)C)cc1. The van der Waals surface area contributed by atoms with Crippen LogP contribution in [-0.2, 0) is 0 Å². The van der Waals surface area contributed by atoms with Gasteiger partial charge in [-0.15, -0.1) is 0 Å². The number of aliphatic imine (C=N–C) groups is 1. The number of carbonyl (C=O) groups is 1. The van der Waals surface area contributed by atoms with Crippen molar-refractivity contribution in [1.82, 2.24) is 10.6 Å². The number of nitrogens with one attached hydrogen (secondary N) is 2. The Morgan fingerprint density at radius 3 is 2.45 bits per heavy atom. The topological polar surface area (TPSA) is 88.7 Å². The molecule has 6 nitrogen and oxygen atoms in total. The zero-order valence-corrected chi connectivity index (χ0v) is 13.6.